The zero-order chi connectivity index (χ0) is 21.2. The fourth-order valence-corrected chi connectivity index (χ4v) is 4.83. The second kappa shape index (κ2) is 8.93. The maximum atomic E-state index is 13.2. The summed E-state index contributed by atoms with van der Waals surface area (Å²) in [5, 5.41) is 4.13. The van der Waals surface area contributed by atoms with E-state index >= 15 is 0 Å². The monoisotopic (exact) mass is 480 g/mol. The third-order valence-electron chi connectivity index (χ3n) is 6.23. The Morgan fingerprint density at radius 1 is 1.10 bits per heavy atom. The van der Waals surface area contributed by atoms with Crippen molar-refractivity contribution in [2.45, 2.75) is 32.4 Å². The second-order valence-electron chi connectivity index (χ2n) is 8.37. The van der Waals surface area contributed by atoms with Gasteiger partial charge in [0.1, 0.15) is 0 Å². The minimum Gasteiger partial charge on any atom is -0.338 e. The maximum Gasteiger partial charge on any atom is 0.241 e. The van der Waals surface area contributed by atoms with Crippen LogP contribution < -0.4 is 0 Å². The van der Waals surface area contributed by atoms with Gasteiger partial charge in [0.2, 0.25) is 17.6 Å². The lowest BCUT2D eigenvalue weighted by molar-refractivity contribution is -0.138. The maximum absolute atomic E-state index is 13.2. The number of amides is 1. The lowest BCUT2D eigenvalue weighted by atomic mass is 9.94. The Bertz CT molecular complexity index is 1070. The Balaban J connectivity index is 1.21. The summed E-state index contributed by atoms with van der Waals surface area (Å²) in [5.74, 6) is 1.50. The molecule has 1 atom stereocenters. The van der Waals surface area contributed by atoms with E-state index in [1.54, 1.807) is 0 Å². The van der Waals surface area contributed by atoms with Gasteiger partial charge >= 0.3 is 0 Å². The summed E-state index contributed by atoms with van der Waals surface area (Å²) >= 11 is 3.44. The van der Waals surface area contributed by atoms with Crippen molar-refractivity contribution in [2.24, 2.45) is 5.92 Å². The van der Waals surface area contributed by atoms with E-state index in [9.17, 15) is 4.79 Å². The summed E-state index contributed by atoms with van der Waals surface area (Å²) in [7, 11) is 0. The van der Waals surface area contributed by atoms with Gasteiger partial charge in [0.15, 0.2) is 0 Å². The number of hydrogen-bond acceptors (Lipinski definition) is 5. The van der Waals surface area contributed by atoms with Crippen molar-refractivity contribution in [3.8, 4) is 11.4 Å². The molecule has 1 saturated heterocycles. The van der Waals surface area contributed by atoms with Gasteiger partial charge in [-0.05, 0) is 61.2 Å². The molecule has 1 unspecified atom stereocenters. The van der Waals surface area contributed by atoms with Gasteiger partial charge in [-0.2, -0.15) is 4.98 Å². The number of carbonyl (C=O) groups is 1. The van der Waals surface area contributed by atoms with Crippen molar-refractivity contribution in [3.05, 3.63) is 70.0 Å². The molecule has 0 aliphatic carbocycles. The average molecular weight is 481 g/mol. The Morgan fingerprint density at radius 3 is 2.74 bits per heavy atom. The molecule has 2 aliphatic heterocycles. The summed E-state index contributed by atoms with van der Waals surface area (Å²) in [6.45, 7) is 3.81. The predicted octanol–water partition coefficient (Wildman–Crippen LogP) is 4.30. The third-order valence-corrected chi connectivity index (χ3v) is 6.76. The molecule has 0 spiro atoms. The van der Waals surface area contributed by atoms with Crippen molar-refractivity contribution in [1.29, 1.82) is 0 Å². The molecule has 3 heterocycles. The third kappa shape index (κ3) is 4.57. The van der Waals surface area contributed by atoms with E-state index in [0.717, 1.165) is 55.5 Å². The van der Waals surface area contributed by atoms with E-state index in [-0.39, 0.29) is 11.8 Å². The number of likely N-dealkylation sites (tertiary alicyclic amines) is 1. The Labute approximate surface area is 190 Å². The van der Waals surface area contributed by atoms with Crippen molar-refractivity contribution in [2.75, 3.05) is 19.6 Å². The highest BCUT2D eigenvalue weighted by Crippen LogP contribution is 2.25. The molecule has 0 radical (unpaired) electrons. The van der Waals surface area contributed by atoms with Crippen molar-refractivity contribution < 1.29 is 9.32 Å². The first-order chi connectivity index (χ1) is 15.2. The molecule has 160 valence electrons. The lowest BCUT2D eigenvalue weighted by Gasteiger charge is -2.36. The van der Waals surface area contributed by atoms with Crippen LogP contribution in [0.25, 0.3) is 11.4 Å². The number of aromatic nitrogens is 2. The van der Waals surface area contributed by atoms with Crippen molar-refractivity contribution in [1.82, 2.24) is 19.9 Å². The molecule has 1 aromatic heterocycles. The molecule has 0 saturated carbocycles. The summed E-state index contributed by atoms with van der Waals surface area (Å²) in [6.07, 6.45) is 2.90. The summed E-state index contributed by atoms with van der Waals surface area (Å²) in [5.41, 5.74) is 3.58. The number of rotatable bonds is 4. The lowest BCUT2D eigenvalue weighted by Crippen LogP contribution is -2.46. The van der Waals surface area contributed by atoms with Crippen LogP contribution in [0.4, 0.5) is 0 Å². The van der Waals surface area contributed by atoms with Gasteiger partial charge in [0.05, 0.1) is 12.5 Å². The molecule has 1 amide bonds. The van der Waals surface area contributed by atoms with Crippen LogP contribution in [0.2, 0.25) is 0 Å². The number of hydrogen-bond donors (Lipinski definition) is 0. The van der Waals surface area contributed by atoms with Crippen LogP contribution in [0.1, 0.15) is 29.9 Å². The smallest absolute Gasteiger partial charge is 0.241 e. The minimum atomic E-state index is 0.0351. The predicted molar refractivity (Wildman–Crippen MR) is 121 cm³/mol. The molecule has 5 rings (SSSR count). The zero-order valence-electron chi connectivity index (χ0n) is 17.3. The van der Waals surface area contributed by atoms with Crippen molar-refractivity contribution >= 4 is 21.8 Å². The van der Waals surface area contributed by atoms with Gasteiger partial charge in [-0.3, -0.25) is 9.69 Å². The van der Waals surface area contributed by atoms with Gasteiger partial charge in [-0.1, -0.05) is 45.4 Å². The van der Waals surface area contributed by atoms with Gasteiger partial charge < -0.3 is 9.42 Å². The molecule has 7 heteroatoms. The minimum absolute atomic E-state index is 0.0351. The highest BCUT2D eigenvalue weighted by atomic mass is 79.9. The number of piperidine rings is 1. The standard InChI is InChI=1S/C24H25BrN4O2/c25-21-9-7-18(8-10-21)23-26-22(31-27-23)16-28-12-3-6-20(14-28)24(30)29-13-11-17-4-1-2-5-19(17)15-29/h1-2,4-5,7-10,20H,3,6,11-16H2. The highest BCUT2D eigenvalue weighted by Gasteiger charge is 2.31. The number of carbonyl (C=O) groups excluding carboxylic acids is 1. The number of fused-ring (bicyclic) bond motifs is 1. The molecule has 0 bridgehead atoms. The highest BCUT2D eigenvalue weighted by molar-refractivity contribution is 9.10. The Hall–Kier alpha value is -2.51. The molecule has 2 aliphatic rings. The molecule has 6 nitrogen and oxygen atoms in total. The second-order valence-corrected chi connectivity index (χ2v) is 9.29. The van der Waals surface area contributed by atoms with Gasteiger partial charge in [-0.25, -0.2) is 0 Å². The molecule has 1 fully saturated rings. The summed E-state index contributed by atoms with van der Waals surface area (Å²) < 4.78 is 6.51. The van der Waals surface area contributed by atoms with Crippen LogP contribution in [0.5, 0.6) is 0 Å². The van der Waals surface area contributed by atoms with Gasteiger partial charge in [-0.15, -0.1) is 0 Å². The average Bonchev–Trinajstić information content (AvgIpc) is 3.27. The fourth-order valence-electron chi connectivity index (χ4n) is 4.57. The normalized spacial score (nSPS) is 19.3. The van der Waals surface area contributed by atoms with E-state index < -0.39 is 0 Å². The van der Waals surface area contributed by atoms with E-state index in [0.29, 0.717) is 18.3 Å². The molecular weight excluding hydrogens is 456 g/mol. The van der Waals surface area contributed by atoms with Gasteiger partial charge in [0.25, 0.3) is 0 Å². The summed E-state index contributed by atoms with van der Waals surface area (Å²) in [4.78, 5) is 22.1. The van der Waals surface area contributed by atoms with Crippen LogP contribution in [0, 0.1) is 5.92 Å². The Kier molecular flexibility index (Phi) is 5.87. The number of halogens is 1. The largest absolute Gasteiger partial charge is 0.338 e. The fraction of sp³-hybridized carbons (Fsp3) is 0.375. The number of benzene rings is 2. The first-order valence-corrected chi connectivity index (χ1v) is 11.6. The molecule has 2 aromatic carbocycles. The molecular formula is C24H25BrN4O2. The number of nitrogens with zero attached hydrogens (tertiary/aromatic N) is 4. The van der Waals surface area contributed by atoms with E-state index in [1.165, 1.54) is 11.1 Å². The molecule has 31 heavy (non-hydrogen) atoms. The van der Waals surface area contributed by atoms with Crippen LogP contribution in [0.3, 0.4) is 0 Å². The van der Waals surface area contributed by atoms with E-state index in [1.807, 2.05) is 29.2 Å². The van der Waals surface area contributed by atoms with Crippen LogP contribution in [-0.4, -0.2) is 45.5 Å². The zero-order valence-corrected chi connectivity index (χ0v) is 18.9. The van der Waals surface area contributed by atoms with Crippen molar-refractivity contribution in [3.63, 3.8) is 0 Å². The first-order valence-electron chi connectivity index (χ1n) is 10.8. The Morgan fingerprint density at radius 2 is 1.90 bits per heavy atom. The first kappa shape index (κ1) is 20.4. The molecule has 0 N–H and O–H groups in total. The van der Waals surface area contributed by atoms with Crippen LogP contribution in [-0.2, 0) is 24.3 Å². The van der Waals surface area contributed by atoms with E-state index in [4.69, 9.17) is 4.52 Å². The summed E-state index contributed by atoms with van der Waals surface area (Å²) in [6, 6.07) is 16.3. The topological polar surface area (TPSA) is 62.5 Å². The van der Waals surface area contributed by atoms with E-state index in [2.05, 4.69) is 55.2 Å². The quantitative estimate of drug-likeness (QED) is 0.556. The molecule has 3 aromatic rings. The van der Waals surface area contributed by atoms with Gasteiger partial charge in [0, 0.05) is 29.7 Å². The van der Waals surface area contributed by atoms with Crippen LogP contribution in [0.15, 0.2) is 57.5 Å². The SMILES string of the molecule is O=C(C1CCCN(Cc2nc(-c3ccc(Br)cc3)no2)C1)N1CCc2ccccc2C1. The van der Waals surface area contributed by atoms with Crippen LogP contribution >= 0.6 is 15.9 Å².